The van der Waals surface area contributed by atoms with Crippen LogP contribution in [0.4, 0.5) is 0 Å². The zero-order chi connectivity index (χ0) is 11.7. The summed E-state index contributed by atoms with van der Waals surface area (Å²) in [7, 11) is -3.16. The fraction of sp³-hybridized carbons (Fsp3) is 0.455. The van der Waals surface area contributed by atoms with Gasteiger partial charge in [-0.25, -0.2) is 8.42 Å². The number of benzene rings is 1. The molecule has 0 saturated carbocycles. The quantitative estimate of drug-likeness (QED) is 0.848. The first-order chi connectivity index (χ1) is 6.70. The molecule has 0 radical (unpaired) electrons. The third-order valence-electron chi connectivity index (χ3n) is 2.02. The summed E-state index contributed by atoms with van der Waals surface area (Å²) in [5, 5.41) is 0. The average molecular weight is 227 g/mol. The molecule has 0 aliphatic carbocycles. The molecule has 0 unspecified atom stereocenters. The molecule has 0 aliphatic rings. The normalized spacial score (nSPS) is 12.8. The van der Waals surface area contributed by atoms with E-state index in [1.807, 2.05) is 26.0 Å². The van der Waals surface area contributed by atoms with E-state index in [-0.39, 0.29) is 0 Å². The molecular weight excluding hydrogens is 210 g/mol. The number of hydrogen-bond donors (Lipinski definition) is 1. The molecule has 0 atom stereocenters. The van der Waals surface area contributed by atoms with Crippen molar-refractivity contribution in [2.75, 3.05) is 6.26 Å². The molecule has 1 aromatic carbocycles. The summed E-state index contributed by atoms with van der Waals surface area (Å²) in [6, 6.07) is 6.99. The molecule has 3 nitrogen and oxygen atoms in total. The molecule has 0 fully saturated rings. The Hall–Kier alpha value is -0.870. The molecule has 0 amide bonds. The van der Waals surface area contributed by atoms with Crippen LogP contribution in [-0.2, 0) is 16.3 Å². The highest BCUT2D eigenvalue weighted by Gasteiger charge is 2.18. The Labute approximate surface area is 91.2 Å². The summed E-state index contributed by atoms with van der Waals surface area (Å²) in [5.41, 5.74) is 6.27. The summed E-state index contributed by atoms with van der Waals surface area (Å²) >= 11 is 0. The molecule has 15 heavy (non-hydrogen) atoms. The summed E-state index contributed by atoms with van der Waals surface area (Å²) < 4.78 is 23.0. The van der Waals surface area contributed by atoms with E-state index in [0.717, 1.165) is 5.56 Å². The summed E-state index contributed by atoms with van der Waals surface area (Å²) in [5.74, 6) is 0. The Kier molecular flexibility index (Phi) is 3.21. The standard InChI is InChI=1S/C11H17NO2S/c1-11(2,12)8-9-6-4-5-7-10(9)15(3,13)14/h4-7H,8,12H2,1-3H3. The Morgan fingerprint density at radius 1 is 1.27 bits per heavy atom. The van der Waals surface area contributed by atoms with Crippen LogP contribution in [0.2, 0.25) is 0 Å². The smallest absolute Gasteiger partial charge is 0.175 e. The van der Waals surface area contributed by atoms with Gasteiger partial charge in [0.1, 0.15) is 0 Å². The third-order valence-corrected chi connectivity index (χ3v) is 3.22. The van der Waals surface area contributed by atoms with Crippen molar-refractivity contribution in [1.82, 2.24) is 0 Å². The molecule has 2 N–H and O–H groups in total. The molecule has 0 heterocycles. The first-order valence-corrected chi connectivity index (χ1v) is 6.66. The minimum Gasteiger partial charge on any atom is -0.325 e. The van der Waals surface area contributed by atoms with Crippen LogP contribution in [-0.4, -0.2) is 20.2 Å². The van der Waals surface area contributed by atoms with Gasteiger partial charge in [-0.15, -0.1) is 0 Å². The highest BCUT2D eigenvalue weighted by Crippen LogP contribution is 2.19. The topological polar surface area (TPSA) is 60.2 Å². The van der Waals surface area contributed by atoms with Crippen molar-refractivity contribution in [2.24, 2.45) is 5.73 Å². The Morgan fingerprint density at radius 3 is 2.27 bits per heavy atom. The van der Waals surface area contributed by atoms with Gasteiger partial charge < -0.3 is 5.73 Å². The summed E-state index contributed by atoms with van der Waals surface area (Å²) in [6.07, 6.45) is 1.77. The van der Waals surface area contributed by atoms with E-state index in [0.29, 0.717) is 11.3 Å². The van der Waals surface area contributed by atoms with E-state index in [1.165, 1.54) is 6.26 Å². The molecular formula is C11H17NO2S. The maximum Gasteiger partial charge on any atom is 0.175 e. The minimum atomic E-state index is -3.16. The van der Waals surface area contributed by atoms with Crippen molar-refractivity contribution >= 4 is 9.84 Å². The monoisotopic (exact) mass is 227 g/mol. The van der Waals surface area contributed by atoms with E-state index in [1.54, 1.807) is 12.1 Å². The van der Waals surface area contributed by atoms with Crippen molar-refractivity contribution in [2.45, 2.75) is 30.7 Å². The van der Waals surface area contributed by atoms with Crippen molar-refractivity contribution in [3.63, 3.8) is 0 Å². The van der Waals surface area contributed by atoms with Gasteiger partial charge in [-0.05, 0) is 31.9 Å². The number of hydrogen-bond acceptors (Lipinski definition) is 3. The second-order valence-corrected chi connectivity index (χ2v) is 6.53. The Morgan fingerprint density at radius 2 is 1.80 bits per heavy atom. The fourth-order valence-electron chi connectivity index (χ4n) is 1.50. The summed E-state index contributed by atoms with van der Waals surface area (Å²) in [4.78, 5) is 0.378. The predicted molar refractivity (Wildman–Crippen MR) is 61.5 cm³/mol. The largest absolute Gasteiger partial charge is 0.325 e. The lowest BCUT2D eigenvalue weighted by molar-refractivity contribution is 0.511. The second kappa shape index (κ2) is 3.94. The van der Waals surface area contributed by atoms with Crippen LogP contribution in [0, 0.1) is 0 Å². The van der Waals surface area contributed by atoms with Gasteiger partial charge in [-0.2, -0.15) is 0 Å². The third kappa shape index (κ3) is 3.64. The van der Waals surface area contributed by atoms with Crippen LogP contribution < -0.4 is 5.73 Å². The van der Waals surface area contributed by atoms with Crippen molar-refractivity contribution < 1.29 is 8.42 Å². The van der Waals surface area contributed by atoms with Gasteiger partial charge in [-0.3, -0.25) is 0 Å². The van der Waals surface area contributed by atoms with Crippen LogP contribution >= 0.6 is 0 Å². The van der Waals surface area contributed by atoms with Crippen LogP contribution in [0.3, 0.4) is 0 Å². The van der Waals surface area contributed by atoms with E-state index in [2.05, 4.69) is 0 Å². The molecule has 0 bridgehead atoms. The van der Waals surface area contributed by atoms with Gasteiger partial charge in [0.25, 0.3) is 0 Å². The Bertz CT molecular complexity index is 444. The first kappa shape index (κ1) is 12.2. The number of sulfone groups is 1. The van der Waals surface area contributed by atoms with Gasteiger partial charge in [0.2, 0.25) is 0 Å². The lowest BCUT2D eigenvalue weighted by Crippen LogP contribution is -2.34. The van der Waals surface area contributed by atoms with Crippen molar-refractivity contribution in [1.29, 1.82) is 0 Å². The second-order valence-electron chi connectivity index (χ2n) is 4.55. The van der Waals surface area contributed by atoms with Crippen LogP contribution in [0.15, 0.2) is 29.2 Å². The lowest BCUT2D eigenvalue weighted by Gasteiger charge is -2.19. The van der Waals surface area contributed by atoms with E-state index < -0.39 is 15.4 Å². The van der Waals surface area contributed by atoms with E-state index in [4.69, 9.17) is 5.73 Å². The van der Waals surface area contributed by atoms with Crippen LogP contribution in [0.1, 0.15) is 19.4 Å². The number of nitrogens with two attached hydrogens (primary N) is 1. The van der Waals surface area contributed by atoms with Gasteiger partial charge in [-0.1, -0.05) is 18.2 Å². The van der Waals surface area contributed by atoms with Gasteiger partial charge in [0, 0.05) is 11.8 Å². The molecule has 1 rings (SSSR count). The lowest BCUT2D eigenvalue weighted by atomic mass is 9.96. The minimum absolute atomic E-state index is 0.378. The van der Waals surface area contributed by atoms with Crippen LogP contribution in [0.25, 0.3) is 0 Å². The highest BCUT2D eigenvalue weighted by atomic mass is 32.2. The molecule has 0 spiro atoms. The summed E-state index contributed by atoms with van der Waals surface area (Å²) in [6.45, 7) is 3.76. The van der Waals surface area contributed by atoms with Gasteiger partial charge in [0.15, 0.2) is 9.84 Å². The zero-order valence-electron chi connectivity index (χ0n) is 9.32. The molecule has 0 saturated heterocycles. The maximum atomic E-state index is 11.5. The SMILES string of the molecule is CC(C)(N)Cc1ccccc1S(C)(=O)=O. The van der Waals surface area contributed by atoms with Gasteiger partial charge in [0.05, 0.1) is 4.90 Å². The van der Waals surface area contributed by atoms with Crippen LogP contribution in [0.5, 0.6) is 0 Å². The molecule has 0 aromatic heterocycles. The molecule has 84 valence electrons. The Balaban J connectivity index is 3.20. The molecule has 1 aromatic rings. The van der Waals surface area contributed by atoms with Gasteiger partial charge >= 0.3 is 0 Å². The number of rotatable bonds is 3. The molecule has 0 aliphatic heterocycles. The average Bonchev–Trinajstić information content (AvgIpc) is 1.99. The highest BCUT2D eigenvalue weighted by molar-refractivity contribution is 7.90. The van der Waals surface area contributed by atoms with Crippen molar-refractivity contribution in [3.05, 3.63) is 29.8 Å². The van der Waals surface area contributed by atoms with E-state index in [9.17, 15) is 8.42 Å². The van der Waals surface area contributed by atoms with Crippen molar-refractivity contribution in [3.8, 4) is 0 Å². The zero-order valence-corrected chi connectivity index (χ0v) is 10.1. The predicted octanol–water partition coefficient (Wildman–Crippen LogP) is 1.37. The van der Waals surface area contributed by atoms with E-state index >= 15 is 0 Å². The fourth-order valence-corrected chi connectivity index (χ4v) is 2.44. The first-order valence-electron chi connectivity index (χ1n) is 4.77. The maximum absolute atomic E-state index is 11.5. The molecule has 4 heteroatoms.